The maximum absolute atomic E-state index is 12.8. The lowest BCUT2D eigenvalue weighted by molar-refractivity contribution is -0.220. The second-order valence-electron chi connectivity index (χ2n) is 15.9. The molecule has 0 aromatic rings. The Bertz CT molecular complexity index is 1060. The highest BCUT2D eigenvalue weighted by molar-refractivity contribution is 7.47. The molecule has 6 N–H and O–H groups in total. The number of allylic oxidation sites excluding steroid dienone is 2. The van der Waals surface area contributed by atoms with Gasteiger partial charge in [-0.1, -0.05) is 154 Å². The van der Waals surface area contributed by atoms with Crippen LogP contribution in [0.5, 0.6) is 0 Å². The summed E-state index contributed by atoms with van der Waals surface area (Å²) in [6, 6.07) is 0. The van der Waals surface area contributed by atoms with Crippen molar-refractivity contribution in [1.82, 2.24) is 0 Å². The van der Waals surface area contributed by atoms with Crippen molar-refractivity contribution in [3.63, 3.8) is 0 Å². The van der Waals surface area contributed by atoms with Crippen molar-refractivity contribution in [1.29, 1.82) is 0 Å². The fourth-order valence-corrected chi connectivity index (χ4v) is 7.90. The van der Waals surface area contributed by atoms with Gasteiger partial charge in [-0.2, -0.15) is 0 Å². The number of aliphatic hydroxyl groups is 5. The number of aliphatic hydroxyl groups excluding tert-OH is 5. The third kappa shape index (κ3) is 27.1. The van der Waals surface area contributed by atoms with E-state index >= 15 is 0 Å². The fraction of sp³-hybridized carbons (Fsp3) is 0.907. The molecule has 0 saturated heterocycles. The summed E-state index contributed by atoms with van der Waals surface area (Å²) in [5, 5.41) is 50.1. The third-order valence-corrected chi connectivity index (χ3v) is 11.6. The van der Waals surface area contributed by atoms with Crippen LogP contribution in [0, 0.1) is 0 Å². The summed E-state index contributed by atoms with van der Waals surface area (Å²) in [5.41, 5.74) is 0. The number of esters is 2. The van der Waals surface area contributed by atoms with Gasteiger partial charge in [-0.15, -0.1) is 0 Å². The topological polar surface area (TPSA) is 210 Å². The molecule has 13 nitrogen and oxygen atoms in total. The Morgan fingerprint density at radius 1 is 0.526 bits per heavy atom. The van der Waals surface area contributed by atoms with Crippen LogP contribution in [-0.4, -0.2) is 98.3 Å². The summed E-state index contributed by atoms with van der Waals surface area (Å²) in [6.45, 7) is 3.28. The summed E-state index contributed by atoms with van der Waals surface area (Å²) >= 11 is 0. The molecule has 0 aliphatic heterocycles. The Morgan fingerprint density at radius 2 is 0.895 bits per heavy atom. The maximum atomic E-state index is 12.8. The quantitative estimate of drug-likeness (QED) is 0.0151. The van der Waals surface area contributed by atoms with Crippen LogP contribution in [0.2, 0.25) is 0 Å². The molecule has 6 unspecified atom stereocenters. The highest BCUT2D eigenvalue weighted by atomic mass is 31.2. The first-order valence-corrected chi connectivity index (χ1v) is 24.0. The van der Waals surface area contributed by atoms with E-state index in [1.807, 2.05) is 0 Å². The maximum Gasteiger partial charge on any atom is 0.472 e. The second kappa shape index (κ2) is 34.3. The van der Waals surface area contributed by atoms with E-state index in [0.717, 1.165) is 57.8 Å². The molecule has 0 aromatic heterocycles. The average molecular weight is 837 g/mol. The van der Waals surface area contributed by atoms with Gasteiger partial charge in [0.1, 0.15) is 43.2 Å². The van der Waals surface area contributed by atoms with Crippen LogP contribution in [0.3, 0.4) is 0 Å². The van der Waals surface area contributed by atoms with Gasteiger partial charge in [0.25, 0.3) is 0 Å². The summed E-state index contributed by atoms with van der Waals surface area (Å²) < 4.78 is 33.5. The van der Waals surface area contributed by atoms with Crippen molar-refractivity contribution in [2.45, 2.75) is 236 Å². The molecule has 1 rings (SSSR count). The SMILES string of the molecule is CCCCCCCCC/C=C\CCCCCCCC(=O)O[C@H](COC(=O)CCCCCCCCCCCCCC)COP(=O)(O)OC1C(O)C(O)C(O)[C@@H](O)C1O. The van der Waals surface area contributed by atoms with E-state index in [-0.39, 0.29) is 12.8 Å². The van der Waals surface area contributed by atoms with Gasteiger partial charge in [-0.05, 0) is 38.5 Å². The average Bonchev–Trinajstić information content (AvgIpc) is 3.19. The molecule has 0 radical (unpaired) electrons. The van der Waals surface area contributed by atoms with Crippen LogP contribution in [0.15, 0.2) is 12.2 Å². The number of hydrogen-bond donors (Lipinski definition) is 6. The van der Waals surface area contributed by atoms with Crippen molar-refractivity contribution in [3.05, 3.63) is 12.2 Å². The van der Waals surface area contributed by atoms with Crippen LogP contribution >= 0.6 is 7.82 Å². The zero-order valence-electron chi connectivity index (χ0n) is 35.4. The minimum absolute atomic E-state index is 0.0908. The monoisotopic (exact) mass is 837 g/mol. The van der Waals surface area contributed by atoms with Crippen LogP contribution in [0.25, 0.3) is 0 Å². The third-order valence-electron chi connectivity index (χ3n) is 10.6. The van der Waals surface area contributed by atoms with Gasteiger partial charge in [0.2, 0.25) is 0 Å². The van der Waals surface area contributed by atoms with E-state index in [9.17, 15) is 44.6 Å². The number of hydrogen-bond acceptors (Lipinski definition) is 12. The number of ether oxygens (including phenoxy) is 2. The number of carbonyl (C=O) groups is 2. The molecule has 1 fully saturated rings. The predicted octanol–water partition coefficient (Wildman–Crippen LogP) is 8.28. The zero-order chi connectivity index (χ0) is 42.2. The molecule has 1 aliphatic carbocycles. The molecule has 0 heterocycles. The number of rotatable bonds is 37. The Kier molecular flexibility index (Phi) is 32.3. The van der Waals surface area contributed by atoms with Gasteiger partial charge in [-0.25, -0.2) is 4.57 Å². The molecule has 336 valence electrons. The van der Waals surface area contributed by atoms with Crippen LogP contribution in [-0.2, 0) is 32.7 Å². The van der Waals surface area contributed by atoms with E-state index in [1.165, 1.54) is 96.3 Å². The summed E-state index contributed by atoms with van der Waals surface area (Å²) in [5.74, 6) is -1.10. The van der Waals surface area contributed by atoms with E-state index in [1.54, 1.807) is 0 Å². The second-order valence-corrected chi connectivity index (χ2v) is 17.3. The number of carbonyl (C=O) groups excluding carboxylic acids is 2. The van der Waals surface area contributed by atoms with Crippen LogP contribution in [0.1, 0.15) is 194 Å². The Balaban J connectivity index is 2.47. The standard InChI is InChI=1S/C43H81O13P/c1-3-5-7-9-11-13-15-17-18-19-20-22-24-26-28-30-32-37(45)55-35(33-53-36(44)31-29-27-25-23-21-16-14-12-10-8-6-4-2)34-54-57(51,52)56-43-41(49)39(47)38(46)40(48)42(43)50/h18-19,35,38-43,46-50H,3-17,20-34H2,1-2H3,(H,51,52)/b19-18-/t35-,38?,39-,40?,41?,42?,43?/m1/s1. The minimum Gasteiger partial charge on any atom is -0.462 e. The van der Waals surface area contributed by atoms with Gasteiger partial charge in [0.05, 0.1) is 6.61 Å². The first-order valence-electron chi connectivity index (χ1n) is 22.5. The predicted molar refractivity (Wildman–Crippen MR) is 221 cm³/mol. The van der Waals surface area contributed by atoms with Gasteiger partial charge < -0.3 is 39.9 Å². The Hall–Kier alpha value is -1.41. The molecular weight excluding hydrogens is 755 g/mol. The zero-order valence-corrected chi connectivity index (χ0v) is 36.3. The van der Waals surface area contributed by atoms with Gasteiger partial charge in [0, 0.05) is 12.8 Å². The normalized spacial score (nSPS) is 22.7. The lowest BCUT2D eigenvalue weighted by Gasteiger charge is -2.41. The first kappa shape index (κ1) is 53.6. The van der Waals surface area contributed by atoms with Crippen molar-refractivity contribution in [2.75, 3.05) is 13.2 Å². The van der Waals surface area contributed by atoms with Crippen molar-refractivity contribution >= 4 is 19.8 Å². The van der Waals surface area contributed by atoms with E-state index < -0.39 is 75.7 Å². The van der Waals surface area contributed by atoms with E-state index in [2.05, 4.69) is 26.0 Å². The fourth-order valence-electron chi connectivity index (χ4n) is 6.93. The van der Waals surface area contributed by atoms with Crippen molar-refractivity contribution in [3.8, 4) is 0 Å². The lowest BCUT2D eigenvalue weighted by atomic mass is 9.85. The highest BCUT2D eigenvalue weighted by Crippen LogP contribution is 2.47. The molecule has 14 heteroatoms. The Labute approximate surface area is 343 Å². The Morgan fingerprint density at radius 3 is 1.33 bits per heavy atom. The molecule has 0 aromatic carbocycles. The molecular formula is C43H81O13P. The van der Waals surface area contributed by atoms with Crippen molar-refractivity contribution < 1.29 is 63.1 Å². The van der Waals surface area contributed by atoms with E-state index in [0.29, 0.717) is 12.8 Å². The van der Waals surface area contributed by atoms with Crippen LogP contribution in [0.4, 0.5) is 0 Å². The van der Waals surface area contributed by atoms with Gasteiger partial charge in [0.15, 0.2) is 6.10 Å². The largest absolute Gasteiger partial charge is 0.472 e. The smallest absolute Gasteiger partial charge is 0.462 e. The minimum atomic E-state index is -5.11. The molecule has 0 spiro atoms. The molecule has 0 amide bonds. The number of unbranched alkanes of at least 4 members (excludes halogenated alkanes) is 23. The number of phosphoric acid groups is 1. The highest BCUT2D eigenvalue weighted by Gasteiger charge is 2.51. The number of phosphoric ester groups is 1. The summed E-state index contributed by atoms with van der Waals surface area (Å²) in [4.78, 5) is 35.6. The summed E-state index contributed by atoms with van der Waals surface area (Å²) in [6.07, 6.45) is 21.3. The van der Waals surface area contributed by atoms with E-state index in [4.69, 9.17) is 18.5 Å². The first-order chi connectivity index (χ1) is 27.4. The molecule has 1 saturated carbocycles. The molecule has 57 heavy (non-hydrogen) atoms. The van der Waals surface area contributed by atoms with Gasteiger partial charge in [-0.3, -0.25) is 18.6 Å². The molecule has 0 bridgehead atoms. The molecule has 1 aliphatic rings. The van der Waals surface area contributed by atoms with Gasteiger partial charge >= 0.3 is 19.8 Å². The lowest BCUT2D eigenvalue weighted by Crippen LogP contribution is -2.64. The van der Waals surface area contributed by atoms with Crippen LogP contribution < -0.4 is 0 Å². The summed E-state index contributed by atoms with van der Waals surface area (Å²) in [7, 11) is -5.11. The molecule has 8 atom stereocenters. The van der Waals surface area contributed by atoms with Crippen molar-refractivity contribution in [2.24, 2.45) is 0 Å².